The molecule has 2 aromatic heterocycles. The van der Waals surface area contributed by atoms with Crippen molar-refractivity contribution in [2.24, 2.45) is 0 Å². The summed E-state index contributed by atoms with van der Waals surface area (Å²) in [7, 11) is 0. The minimum atomic E-state index is -0.273. The molecule has 0 radical (unpaired) electrons. The zero-order chi connectivity index (χ0) is 22.0. The molecule has 6 nitrogen and oxygen atoms in total. The SMILES string of the molecule is Cc1nn(Cc2cccc(C(=O)Nc3cnn(Cc4ccc(F)cc4)c3)c2)c(C)c1Br. The Morgan fingerprint density at radius 3 is 2.58 bits per heavy atom. The number of nitrogens with zero attached hydrogens (tertiary/aromatic N) is 4. The maximum atomic E-state index is 13.0. The molecule has 0 aliphatic carbocycles. The van der Waals surface area contributed by atoms with Crippen LogP contribution in [0.5, 0.6) is 0 Å². The Morgan fingerprint density at radius 1 is 1.10 bits per heavy atom. The fourth-order valence-corrected chi connectivity index (χ4v) is 3.59. The molecule has 4 aromatic rings. The number of carbonyl (C=O) groups is 1. The molecule has 2 aromatic carbocycles. The van der Waals surface area contributed by atoms with E-state index in [1.807, 2.05) is 36.7 Å². The monoisotopic (exact) mass is 481 g/mol. The van der Waals surface area contributed by atoms with Gasteiger partial charge in [-0.2, -0.15) is 10.2 Å². The van der Waals surface area contributed by atoms with Gasteiger partial charge < -0.3 is 5.32 Å². The highest BCUT2D eigenvalue weighted by Crippen LogP contribution is 2.21. The predicted octanol–water partition coefficient (Wildman–Crippen LogP) is 4.95. The fourth-order valence-electron chi connectivity index (χ4n) is 3.31. The van der Waals surface area contributed by atoms with Crippen LogP contribution in [0.3, 0.4) is 0 Å². The largest absolute Gasteiger partial charge is 0.319 e. The van der Waals surface area contributed by atoms with E-state index in [0.29, 0.717) is 24.3 Å². The van der Waals surface area contributed by atoms with Crippen molar-refractivity contribution >= 4 is 27.5 Å². The third-order valence-corrected chi connectivity index (χ3v) is 6.11. The van der Waals surface area contributed by atoms with E-state index < -0.39 is 0 Å². The standard InChI is InChI=1S/C23H21BrFN5O/c1-15-22(24)16(2)30(28-15)13-18-4-3-5-19(10-18)23(31)27-21-11-26-29(14-21)12-17-6-8-20(25)9-7-17/h3-11,14H,12-13H2,1-2H3,(H,27,31). The second-order valence-corrected chi connectivity index (χ2v) is 8.14. The van der Waals surface area contributed by atoms with Crippen molar-refractivity contribution in [3.63, 3.8) is 0 Å². The highest BCUT2D eigenvalue weighted by molar-refractivity contribution is 9.10. The van der Waals surface area contributed by atoms with Crippen molar-refractivity contribution in [3.8, 4) is 0 Å². The lowest BCUT2D eigenvalue weighted by Gasteiger charge is -2.08. The van der Waals surface area contributed by atoms with Crippen molar-refractivity contribution in [2.75, 3.05) is 5.32 Å². The van der Waals surface area contributed by atoms with E-state index in [1.54, 1.807) is 35.3 Å². The Balaban J connectivity index is 1.43. The number of anilines is 1. The summed E-state index contributed by atoms with van der Waals surface area (Å²) in [6.45, 7) is 5.02. The quantitative estimate of drug-likeness (QED) is 0.423. The molecule has 4 rings (SSSR count). The molecule has 0 aliphatic heterocycles. The summed E-state index contributed by atoms with van der Waals surface area (Å²) in [5.41, 5.74) is 5.04. The van der Waals surface area contributed by atoms with E-state index in [1.165, 1.54) is 12.1 Å². The van der Waals surface area contributed by atoms with E-state index in [-0.39, 0.29) is 11.7 Å². The first-order chi connectivity index (χ1) is 14.9. The van der Waals surface area contributed by atoms with Gasteiger partial charge in [-0.1, -0.05) is 24.3 Å². The van der Waals surface area contributed by atoms with Crippen LogP contribution in [0.4, 0.5) is 10.1 Å². The van der Waals surface area contributed by atoms with E-state index in [4.69, 9.17) is 0 Å². The van der Waals surface area contributed by atoms with Gasteiger partial charge in [0.2, 0.25) is 0 Å². The molecule has 0 bridgehead atoms. The minimum Gasteiger partial charge on any atom is -0.319 e. The first kappa shape index (κ1) is 21.0. The molecule has 0 unspecified atom stereocenters. The van der Waals surface area contributed by atoms with Crippen LogP contribution < -0.4 is 5.32 Å². The van der Waals surface area contributed by atoms with Crippen LogP contribution in [-0.2, 0) is 13.1 Å². The van der Waals surface area contributed by atoms with Crippen LogP contribution in [0.25, 0.3) is 0 Å². The third-order valence-electron chi connectivity index (χ3n) is 4.96. The molecule has 0 atom stereocenters. The van der Waals surface area contributed by atoms with Crippen LogP contribution in [0.1, 0.15) is 32.9 Å². The van der Waals surface area contributed by atoms with Crippen LogP contribution >= 0.6 is 15.9 Å². The molecule has 1 N–H and O–H groups in total. The van der Waals surface area contributed by atoms with Crippen molar-refractivity contribution in [2.45, 2.75) is 26.9 Å². The lowest BCUT2D eigenvalue weighted by molar-refractivity contribution is 0.102. The first-order valence-corrected chi connectivity index (χ1v) is 10.5. The third kappa shape index (κ3) is 4.91. The van der Waals surface area contributed by atoms with Crippen molar-refractivity contribution < 1.29 is 9.18 Å². The van der Waals surface area contributed by atoms with Gasteiger partial charge in [-0.25, -0.2) is 4.39 Å². The molecule has 1 amide bonds. The van der Waals surface area contributed by atoms with Gasteiger partial charge in [0.15, 0.2) is 0 Å². The molecule has 0 aliphatic rings. The zero-order valence-electron chi connectivity index (χ0n) is 17.1. The summed E-state index contributed by atoms with van der Waals surface area (Å²) < 4.78 is 17.7. The summed E-state index contributed by atoms with van der Waals surface area (Å²) in [4.78, 5) is 12.7. The number of benzene rings is 2. The second-order valence-electron chi connectivity index (χ2n) is 7.35. The van der Waals surface area contributed by atoms with Gasteiger partial charge in [-0.05, 0) is 65.2 Å². The van der Waals surface area contributed by atoms with Crippen LogP contribution in [0.2, 0.25) is 0 Å². The zero-order valence-corrected chi connectivity index (χ0v) is 18.7. The molecule has 0 fully saturated rings. The average molecular weight is 482 g/mol. The number of aryl methyl sites for hydroxylation is 1. The predicted molar refractivity (Wildman–Crippen MR) is 121 cm³/mol. The van der Waals surface area contributed by atoms with Crippen molar-refractivity contribution in [1.29, 1.82) is 0 Å². The number of hydrogen-bond donors (Lipinski definition) is 1. The molecule has 0 saturated heterocycles. The summed E-state index contributed by atoms with van der Waals surface area (Å²) >= 11 is 3.54. The Morgan fingerprint density at radius 2 is 1.87 bits per heavy atom. The van der Waals surface area contributed by atoms with E-state index in [9.17, 15) is 9.18 Å². The number of halogens is 2. The number of hydrogen-bond acceptors (Lipinski definition) is 3. The molecule has 2 heterocycles. The highest BCUT2D eigenvalue weighted by Gasteiger charge is 2.12. The van der Waals surface area contributed by atoms with Crippen LogP contribution in [0.15, 0.2) is 65.4 Å². The lowest BCUT2D eigenvalue weighted by atomic mass is 10.1. The fraction of sp³-hybridized carbons (Fsp3) is 0.174. The van der Waals surface area contributed by atoms with Gasteiger partial charge in [-0.15, -0.1) is 0 Å². The van der Waals surface area contributed by atoms with Crippen LogP contribution in [-0.4, -0.2) is 25.5 Å². The molecule has 0 spiro atoms. The number of amides is 1. The highest BCUT2D eigenvalue weighted by atomic mass is 79.9. The number of carbonyl (C=O) groups excluding carboxylic acids is 1. The smallest absolute Gasteiger partial charge is 0.255 e. The van der Waals surface area contributed by atoms with Crippen molar-refractivity contribution in [3.05, 3.63) is 99.3 Å². The molecular weight excluding hydrogens is 461 g/mol. The Bertz CT molecular complexity index is 1230. The summed E-state index contributed by atoms with van der Waals surface area (Å²) in [6.07, 6.45) is 3.34. The van der Waals surface area contributed by atoms with Gasteiger partial charge >= 0.3 is 0 Å². The Labute approximate surface area is 187 Å². The van der Waals surface area contributed by atoms with Gasteiger partial charge in [-0.3, -0.25) is 14.2 Å². The minimum absolute atomic E-state index is 0.210. The second kappa shape index (κ2) is 8.85. The van der Waals surface area contributed by atoms with Gasteiger partial charge in [0, 0.05) is 11.8 Å². The van der Waals surface area contributed by atoms with E-state index in [0.717, 1.165) is 27.0 Å². The maximum absolute atomic E-state index is 13.0. The van der Waals surface area contributed by atoms with E-state index >= 15 is 0 Å². The summed E-state index contributed by atoms with van der Waals surface area (Å²) in [5.74, 6) is -0.484. The average Bonchev–Trinajstić information content (AvgIpc) is 3.29. The molecule has 158 valence electrons. The van der Waals surface area contributed by atoms with Crippen molar-refractivity contribution in [1.82, 2.24) is 19.6 Å². The molecule has 8 heteroatoms. The Kier molecular flexibility index (Phi) is 5.99. The topological polar surface area (TPSA) is 64.7 Å². The number of nitrogens with one attached hydrogen (secondary N) is 1. The van der Waals surface area contributed by atoms with Gasteiger partial charge in [0.1, 0.15) is 5.82 Å². The molecule has 31 heavy (non-hydrogen) atoms. The number of aromatic nitrogens is 4. The van der Waals surface area contributed by atoms with Gasteiger partial charge in [0.05, 0.1) is 40.8 Å². The summed E-state index contributed by atoms with van der Waals surface area (Å²) in [6, 6.07) is 13.7. The van der Waals surface area contributed by atoms with E-state index in [2.05, 4.69) is 31.4 Å². The van der Waals surface area contributed by atoms with Gasteiger partial charge in [0.25, 0.3) is 5.91 Å². The summed E-state index contributed by atoms with van der Waals surface area (Å²) in [5, 5.41) is 11.7. The normalized spacial score (nSPS) is 11.0. The molecule has 0 saturated carbocycles. The maximum Gasteiger partial charge on any atom is 0.255 e. The Hall–Kier alpha value is -3.26. The molecular formula is C23H21BrFN5O. The first-order valence-electron chi connectivity index (χ1n) is 9.76. The van der Waals surface area contributed by atoms with Crippen LogP contribution in [0, 0.1) is 19.7 Å². The number of rotatable bonds is 6. The lowest BCUT2D eigenvalue weighted by Crippen LogP contribution is -2.12.